The normalized spacial score (nSPS) is 12.4. The fourth-order valence-electron chi connectivity index (χ4n) is 2.09. The number of nitrogens with one attached hydrogen (secondary N) is 1. The van der Waals surface area contributed by atoms with E-state index in [1.54, 1.807) is 12.3 Å². The number of hydrogen-bond donors (Lipinski definition) is 1. The van der Waals surface area contributed by atoms with Crippen LogP contribution in [0.5, 0.6) is 0 Å². The zero-order chi connectivity index (χ0) is 13.7. The Balaban J connectivity index is 2.38. The average Bonchev–Trinajstić information content (AvgIpc) is 2.41. The first kappa shape index (κ1) is 13.7. The third-order valence-electron chi connectivity index (χ3n) is 3.05. The van der Waals surface area contributed by atoms with Gasteiger partial charge in [0, 0.05) is 11.8 Å². The van der Waals surface area contributed by atoms with Gasteiger partial charge in [0.25, 0.3) is 0 Å². The van der Waals surface area contributed by atoms with Crippen molar-refractivity contribution in [1.82, 2.24) is 10.3 Å². The Morgan fingerprint density at radius 2 is 2.05 bits per heavy atom. The summed E-state index contributed by atoms with van der Waals surface area (Å²) in [7, 11) is 0. The lowest BCUT2D eigenvalue weighted by molar-refractivity contribution is 0.539. The molecule has 0 aliphatic carbocycles. The molecule has 0 radical (unpaired) electrons. The first-order valence-electron chi connectivity index (χ1n) is 6.62. The molecule has 0 spiro atoms. The van der Waals surface area contributed by atoms with Gasteiger partial charge >= 0.3 is 0 Å². The van der Waals surface area contributed by atoms with E-state index in [2.05, 4.69) is 17.2 Å². The molecular weight excluding hydrogens is 239 g/mol. The fourth-order valence-corrected chi connectivity index (χ4v) is 2.09. The van der Waals surface area contributed by atoms with Gasteiger partial charge < -0.3 is 5.32 Å². The fraction of sp³-hybridized carbons (Fsp3) is 0.312. The number of halogens is 1. The molecule has 3 heteroatoms. The van der Waals surface area contributed by atoms with E-state index in [1.165, 1.54) is 6.07 Å². The minimum Gasteiger partial charge on any atom is -0.305 e. The monoisotopic (exact) mass is 258 g/mol. The summed E-state index contributed by atoms with van der Waals surface area (Å²) >= 11 is 0. The molecule has 1 atom stereocenters. The lowest BCUT2D eigenvalue weighted by atomic mass is 10.0. The molecule has 0 saturated heterocycles. The maximum Gasteiger partial charge on any atom is 0.128 e. The minimum atomic E-state index is -0.195. The van der Waals surface area contributed by atoms with Crippen molar-refractivity contribution in [1.29, 1.82) is 0 Å². The van der Waals surface area contributed by atoms with Crippen LogP contribution in [-0.2, 0) is 0 Å². The van der Waals surface area contributed by atoms with E-state index in [9.17, 15) is 4.39 Å². The second kappa shape index (κ2) is 6.43. The van der Waals surface area contributed by atoms with Crippen LogP contribution in [0, 0.1) is 12.7 Å². The van der Waals surface area contributed by atoms with Crippen molar-refractivity contribution in [2.75, 3.05) is 6.54 Å². The quantitative estimate of drug-likeness (QED) is 0.886. The summed E-state index contributed by atoms with van der Waals surface area (Å²) in [4.78, 5) is 4.38. The summed E-state index contributed by atoms with van der Waals surface area (Å²) in [5.74, 6) is -0.195. The molecule has 1 heterocycles. The van der Waals surface area contributed by atoms with Crippen molar-refractivity contribution in [3.05, 3.63) is 65.2 Å². The highest BCUT2D eigenvalue weighted by molar-refractivity contribution is 5.30. The molecule has 0 aliphatic rings. The minimum absolute atomic E-state index is 0.193. The third kappa shape index (κ3) is 3.38. The van der Waals surface area contributed by atoms with Crippen LogP contribution in [0.4, 0.5) is 4.39 Å². The van der Waals surface area contributed by atoms with Crippen molar-refractivity contribution in [2.45, 2.75) is 26.3 Å². The van der Waals surface area contributed by atoms with Gasteiger partial charge in [-0.15, -0.1) is 0 Å². The molecule has 0 amide bonds. The molecule has 1 aromatic heterocycles. The van der Waals surface area contributed by atoms with Crippen LogP contribution in [0.25, 0.3) is 0 Å². The maximum absolute atomic E-state index is 14.0. The van der Waals surface area contributed by atoms with Gasteiger partial charge in [-0.1, -0.05) is 25.1 Å². The predicted molar refractivity (Wildman–Crippen MR) is 75.5 cm³/mol. The van der Waals surface area contributed by atoms with E-state index in [0.29, 0.717) is 5.56 Å². The Labute approximate surface area is 113 Å². The molecule has 1 unspecified atom stereocenters. The number of nitrogens with zero attached hydrogens (tertiary/aromatic N) is 1. The van der Waals surface area contributed by atoms with Gasteiger partial charge in [-0.05, 0) is 43.7 Å². The van der Waals surface area contributed by atoms with Gasteiger partial charge in [-0.25, -0.2) is 4.39 Å². The Hall–Kier alpha value is -1.74. The second-order valence-electron chi connectivity index (χ2n) is 4.67. The number of benzene rings is 1. The van der Waals surface area contributed by atoms with Crippen molar-refractivity contribution in [3.8, 4) is 0 Å². The highest BCUT2D eigenvalue weighted by Crippen LogP contribution is 2.23. The summed E-state index contributed by atoms with van der Waals surface area (Å²) in [5.41, 5.74) is 2.64. The van der Waals surface area contributed by atoms with E-state index in [4.69, 9.17) is 0 Å². The molecule has 0 saturated carbocycles. The molecule has 0 aliphatic heterocycles. The molecule has 19 heavy (non-hydrogen) atoms. The van der Waals surface area contributed by atoms with Gasteiger partial charge in [0.05, 0.1) is 11.7 Å². The first-order valence-corrected chi connectivity index (χ1v) is 6.62. The number of rotatable bonds is 5. The van der Waals surface area contributed by atoms with Crippen molar-refractivity contribution in [2.24, 2.45) is 0 Å². The van der Waals surface area contributed by atoms with Gasteiger partial charge in [0.2, 0.25) is 0 Å². The van der Waals surface area contributed by atoms with Crippen molar-refractivity contribution in [3.63, 3.8) is 0 Å². The lowest BCUT2D eigenvalue weighted by Crippen LogP contribution is -2.25. The number of hydrogen-bond acceptors (Lipinski definition) is 2. The topological polar surface area (TPSA) is 24.9 Å². The Bertz CT molecular complexity index is 540. The average molecular weight is 258 g/mol. The maximum atomic E-state index is 14.0. The summed E-state index contributed by atoms with van der Waals surface area (Å²) < 4.78 is 14.0. The highest BCUT2D eigenvalue weighted by atomic mass is 19.1. The molecule has 100 valence electrons. The van der Waals surface area contributed by atoms with Gasteiger partial charge in [-0.2, -0.15) is 0 Å². The van der Waals surface area contributed by atoms with Gasteiger partial charge in [-0.3, -0.25) is 4.98 Å². The van der Waals surface area contributed by atoms with E-state index in [0.717, 1.165) is 24.2 Å². The predicted octanol–water partition coefficient (Wildman–Crippen LogP) is 3.62. The van der Waals surface area contributed by atoms with E-state index >= 15 is 0 Å². The second-order valence-corrected chi connectivity index (χ2v) is 4.67. The van der Waals surface area contributed by atoms with Crippen LogP contribution in [0.1, 0.15) is 36.2 Å². The third-order valence-corrected chi connectivity index (χ3v) is 3.05. The van der Waals surface area contributed by atoms with E-state index in [-0.39, 0.29) is 11.9 Å². The molecule has 0 fully saturated rings. The van der Waals surface area contributed by atoms with Crippen LogP contribution < -0.4 is 5.32 Å². The Morgan fingerprint density at radius 3 is 2.74 bits per heavy atom. The summed E-state index contributed by atoms with van der Waals surface area (Å²) in [6.07, 6.45) is 2.77. The zero-order valence-electron chi connectivity index (χ0n) is 11.4. The smallest absolute Gasteiger partial charge is 0.128 e. The summed E-state index contributed by atoms with van der Waals surface area (Å²) in [6, 6.07) is 10.6. The highest BCUT2D eigenvalue weighted by Gasteiger charge is 2.18. The van der Waals surface area contributed by atoms with Crippen LogP contribution in [-0.4, -0.2) is 11.5 Å². The molecule has 1 aromatic carbocycles. The van der Waals surface area contributed by atoms with E-state index in [1.807, 2.05) is 31.2 Å². The van der Waals surface area contributed by atoms with E-state index < -0.39 is 0 Å². The van der Waals surface area contributed by atoms with Crippen LogP contribution in [0.3, 0.4) is 0 Å². The number of pyridine rings is 1. The molecule has 0 bridgehead atoms. The van der Waals surface area contributed by atoms with Gasteiger partial charge in [0.1, 0.15) is 5.82 Å². The van der Waals surface area contributed by atoms with Gasteiger partial charge in [0.15, 0.2) is 0 Å². The molecule has 2 aromatic rings. The SMILES string of the molecule is CCCNC(c1cc(C)ccn1)c1ccccc1F. The van der Waals surface area contributed by atoms with Crippen molar-refractivity contribution < 1.29 is 4.39 Å². The number of aryl methyl sites for hydroxylation is 1. The zero-order valence-corrected chi connectivity index (χ0v) is 11.4. The number of aromatic nitrogens is 1. The standard InChI is InChI=1S/C16H19FN2/c1-3-9-19-16(13-6-4-5-7-14(13)17)15-11-12(2)8-10-18-15/h4-8,10-11,16,19H,3,9H2,1-2H3. The lowest BCUT2D eigenvalue weighted by Gasteiger charge is -2.19. The van der Waals surface area contributed by atoms with Crippen LogP contribution in [0.2, 0.25) is 0 Å². The molecule has 2 rings (SSSR count). The first-order chi connectivity index (χ1) is 9.22. The van der Waals surface area contributed by atoms with Crippen LogP contribution in [0.15, 0.2) is 42.6 Å². The summed E-state index contributed by atoms with van der Waals surface area (Å²) in [6.45, 7) is 4.94. The summed E-state index contributed by atoms with van der Waals surface area (Å²) in [5, 5.41) is 3.37. The van der Waals surface area contributed by atoms with Crippen LogP contribution >= 0.6 is 0 Å². The molecule has 2 nitrogen and oxygen atoms in total. The Kier molecular flexibility index (Phi) is 4.63. The molecule has 1 N–H and O–H groups in total. The largest absolute Gasteiger partial charge is 0.305 e. The molecular formula is C16H19FN2. The van der Waals surface area contributed by atoms with Crippen molar-refractivity contribution >= 4 is 0 Å². The Morgan fingerprint density at radius 1 is 1.26 bits per heavy atom.